The average Bonchev–Trinajstić information content (AvgIpc) is 3.54. The van der Waals surface area contributed by atoms with E-state index < -0.39 is 0 Å². The molecule has 47 heavy (non-hydrogen) atoms. The first kappa shape index (κ1) is 27.0. The first-order chi connectivity index (χ1) is 23.3. The van der Waals surface area contributed by atoms with E-state index in [2.05, 4.69) is 127 Å². The molecule has 4 heteroatoms. The van der Waals surface area contributed by atoms with Crippen LogP contribution in [0.1, 0.15) is 0 Å². The van der Waals surface area contributed by atoms with Crippen molar-refractivity contribution in [3.8, 4) is 56.4 Å². The van der Waals surface area contributed by atoms with E-state index in [1.54, 1.807) is 0 Å². The third kappa shape index (κ3) is 4.84. The van der Waals surface area contributed by atoms with Crippen LogP contribution in [0.5, 0.6) is 0 Å². The fraction of sp³-hybridized carbons (Fsp3) is 0. The zero-order chi connectivity index (χ0) is 31.2. The standard InChI is InChI=1S/C43H27N3O/c1-2-12-28(13-3-1)30-16-8-18-32(26-30)41-44-42(33-19-9-17-31(27-33)35-22-10-15-29-14-4-5-20-34(29)35)46-43(45-41)38-24-11-23-37-36-21-6-7-25-39(36)47-40(37)38/h1-27H. The van der Waals surface area contributed by atoms with E-state index in [9.17, 15) is 0 Å². The SMILES string of the molecule is c1ccc(-c2cccc(-c3nc(-c4cccc(-c5cccc6ccccc56)c4)nc(-c4cccc5c4oc4ccccc45)n3)c2)cc1. The van der Waals surface area contributed by atoms with Gasteiger partial charge in [-0.15, -0.1) is 0 Å². The summed E-state index contributed by atoms with van der Waals surface area (Å²) >= 11 is 0. The quantitative estimate of drug-likeness (QED) is 0.197. The van der Waals surface area contributed by atoms with E-state index in [0.29, 0.717) is 17.5 Å². The van der Waals surface area contributed by atoms with Crippen molar-refractivity contribution < 1.29 is 4.42 Å². The highest BCUT2D eigenvalue weighted by Crippen LogP contribution is 2.37. The van der Waals surface area contributed by atoms with Gasteiger partial charge in [0.1, 0.15) is 11.2 Å². The summed E-state index contributed by atoms with van der Waals surface area (Å²) < 4.78 is 6.42. The summed E-state index contributed by atoms with van der Waals surface area (Å²) in [6.45, 7) is 0. The molecule has 0 amide bonds. The lowest BCUT2D eigenvalue weighted by Crippen LogP contribution is -2.00. The van der Waals surface area contributed by atoms with Crippen LogP contribution in [0.2, 0.25) is 0 Å². The Morgan fingerprint density at radius 3 is 1.70 bits per heavy atom. The molecule has 0 aliphatic rings. The van der Waals surface area contributed by atoms with Gasteiger partial charge in [-0.2, -0.15) is 0 Å². The summed E-state index contributed by atoms with van der Waals surface area (Å²) in [7, 11) is 0. The van der Waals surface area contributed by atoms with E-state index in [1.807, 2.05) is 36.4 Å². The number of fused-ring (bicyclic) bond motifs is 4. The molecule has 220 valence electrons. The number of hydrogen-bond acceptors (Lipinski definition) is 4. The van der Waals surface area contributed by atoms with Gasteiger partial charge in [0.2, 0.25) is 0 Å². The van der Waals surface area contributed by atoms with Gasteiger partial charge in [-0.1, -0.05) is 140 Å². The van der Waals surface area contributed by atoms with Crippen LogP contribution in [0.25, 0.3) is 89.1 Å². The lowest BCUT2D eigenvalue weighted by atomic mass is 9.97. The fourth-order valence-electron chi connectivity index (χ4n) is 6.45. The normalized spacial score (nSPS) is 11.4. The minimum absolute atomic E-state index is 0.565. The lowest BCUT2D eigenvalue weighted by molar-refractivity contribution is 0.669. The van der Waals surface area contributed by atoms with Crippen LogP contribution in [0, 0.1) is 0 Å². The van der Waals surface area contributed by atoms with E-state index in [1.165, 1.54) is 16.3 Å². The molecule has 0 bridgehead atoms. The summed E-state index contributed by atoms with van der Waals surface area (Å²) in [4.78, 5) is 15.3. The summed E-state index contributed by atoms with van der Waals surface area (Å²) in [5.41, 5.74) is 8.77. The smallest absolute Gasteiger partial charge is 0.167 e. The molecule has 9 rings (SSSR count). The molecule has 0 saturated heterocycles. The van der Waals surface area contributed by atoms with Gasteiger partial charge in [-0.3, -0.25) is 0 Å². The Kier molecular flexibility index (Phi) is 6.43. The molecule has 2 heterocycles. The van der Waals surface area contributed by atoms with Crippen LogP contribution in [-0.4, -0.2) is 15.0 Å². The highest BCUT2D eigenvalue weighted by atomic mass is 16.3. The Balaban J connectivity index is 1.25. The highest BCUT2D eigenvalue weighted by Gasteiger charge is 2.18. The van der Waals surface area contributed by atoms with E-state index in [0.717, 1.165) is 55.3 Å². The molecule has 0 fully saturated rings. The third-order valence-electron chi connectivity index (χ3n) is 8.73. The minimum Gasteiger partial charge on any atom is -0.455 e. The Morgan fingerprint density at radius 2 is 0.872 bits per heavy atom. The van der Waals surface area contributed by atoms with Gasteiger partial charge in [0.25, 0.3) is 0 Å². The number of aromatic nitrogens is 3. The summed E-state index contributed by atoms with van der Waals surface area (Å²) in [6, 6.07) is 56.4. The number of nitrogens with zero attached hydrogens (tertiary/aromatic N) is 3. The molecule has 4 nitrogen and oxygen atoms in total. The zero-order valence-electron chi connectivity index (χ0n) is 25.3. The van der Waals surface area contributed by atoms with Crippen molar-refractivity contribution in [3.63, 3.8) is 0 Å². The van der Waals surface area contributed by atoms with Gasteiger partial charge in [0, 0.05) is 21.9 Å². The largest absolute Gasteiger partial charge is 0.455 e. The number of para-hydroxylation sites is 2. The predicted molar refractivity (Wildman–Crippen MR) is 192 cm³/mol. The second-order valence-electron chi connectivity index (χ2n) is 11.6. The van der Waals surface area contributed by atoms with Crippen molar-refractivity contribution in [2.75, 3.05) is 0 Å². The van der Waals surface area contributed by atoms with Gasteiger partial charge < -0.3 is 4.42 Å². The number of benzene rings is 7. The molecule has 9 aromatic rings. The summed E-state index contributed by atoms with van der Waals surface area (Å²) in [6.07, 6.45) is 0. The summed E-state index contributed by atoms with van der Waals surface area (Å²) in [5.74, 6) is 1.77. The number of rotatable bonds is 5. The van der Waals surface area contributed by atoms with Crippen molar-refractivity contribution >= 4 is 32.7 Å². The second kappa shape index (κ2) is 11.2. The Hall–Kier alpha value is -6.39. The van der Waals surface area contributed by atoms with Crippen molar-refractivity contribution in [3.05, 3.63) is 164 Å². The molecule has 0 atom stereocenters. The minimum atomic E-state index is 0.565. The summed E-state index contributed by atoms with van der Waals surface area (Å²) in [5, 5.41) is 4.51. The van der Waals surface area contributed by atoms with Gasteiger partial charge in [-0.25, -0.2) is 15.0 Å². The molecule has 0 N–H and O–H groups in total. The van der Waals surface area contributed by atoms with E-state index >= 15 is 0 Å². The lowest BCUT2D eigenvalue weighted by Gasteiger charge is -2.11. The maximum Gasteiger partial charge on any atom is 0.167 e. The molecular weight excluding hydrogens is 574 g/mol. The van der Waals surface area contributed by atoms with Crippen molar-refractivity contribution in [2.45, 2.75) is 0 Å². The van der Waals surface area contributed by atoms with Crippen LogP contribution in [0.4, 0.5) is 0 Å². The van der Waals surface area contributed by atoms with Crippen LogP contribution < -0.4 is 0 Å². The first-order valence-electron chi connectivity index (χ1n) is 15.7. The molecular formula is C43H27N3O. The maximum absolute atomic E-state index is 6.42. The Morgan fingerprint density at radius 1 is 0.340 bits per heavy atom. The average molecular weight is 602 g/mol. The Labute approximate surface area is 271 Å². The van der Waals surface area contributed by atoms with Crippen LogP contribution in [-0.2, 0) is 0 Å². The second-order valence-corrected chi connectivity index (χ2v) is 11.6. The maximum atomic E-state index is 6.42. The number of furan rings is 1. The van der Waals surface area contributed by atoms with Crippen LogP contribution in [0.3, 0.4) is 0 Å². The van der Waals surface area contributed by atoms with Gasteiger partial charge >= 0.3 is 0 Å². The number of hydrogen-bond donors (Lipinski definition) is 0. The van der Waals surface area contributed by atoms with Crippen LogP contribution in [0.15, 0.2) is 168 Å². The molecule has 0 aliphatic carbocycles. The molecule has 7 aromatic carbocycles. The van der Waals surface area contributed by atoms with Crippen LogP contribution >= 0.6 is 0 Å². The van der Waals surface area contributed by atoms with E-state index in [4.69, 9.17) is 19.4 Å². The van der Waals surface area contributed by atoms with Crippen molar-refractivity contribution in [2.24, 2.45) is 0 Å². The van der Waals surface area contributed by atoms with Gasteiger partial charge in [0.15, 0.2) is 17.5 Å². The third-order valence-corrected chi connectivity index (χ3v) is 8.73. The topological polar surface area (TPSA) is 51.8 Å². The molecule has 0 saturated carbocycles. The monoisotopic (exact) mass is 601 g/mol. The van der Waals surface area contributed by atoms with Crippen molar-refractivity contribution in [1.82, 2.24) is 15.0 Å². The van der Waals surface area contributed by atoms with Gasteiger partial charge in [-0.05, 0) is 57.3 Å². The van der Waals surface area contributed by atoms with Crippen molar-refractivity contribution in [1.29, 1.82) is 0 Å². The molecule has 0 spiro atoms. The predicted octanol–water partition coefficient (Wildman–Crippen LogP) is 11.3. The molecule has 2 aromatic heterocycles. The molecule has 0 unspecified atom stereocenters. The van der Waals surface area contributed by atoms with E-state index in [-0.39, 0.29) is 0 Å². The molecule has 0 radical (unpaired) electrons. The molecule has 0 aliphatic heterocycles. The zero-order valence-corrected chi connectivity index (χ0v) is 25.3. The fourth-order valence-corrected chi connectivity index (χ4v) is 6.45. The van der Waals surface area contributed by atoms with Gasteiger partial charge in [0.05, 0.1) is 5.56 Å². The Bertz CT molecular complexity index is 2580. The highest BCUT2D eigenvalue weighted by molar-refractivity contribution is 6.09. The first-order valence-corrected chi connectivity index (χ1v) is 15.7.